The highest BCUT2D eigenvalue weighted by atomic mass is 19.4. The van der Waals surface area contributed by atoms with Gasteiger partial charge in [0.05, 0.1) is 17.5 Å². The van der Waals surface area contributed by atoms with Gasteiger partial charge in [0.25, 0.3) is 5.91 Å². The molecule has 0 saturated heterocycles. The van der Waals surface area contributed by atoms with E-state index in [0.717, 1.165) is 33.5 Å². The van der Waals surface area contributed by atoms with Gasteiger partial charge in [0.1, 0.15) is 17.4 Å². The lowest BCUT2D eigenvalue weighted by atomic mass is 9.89. The van der Waals surface area contributed by atoms with Gasteiger partial charge in [0.15, 0.2) is 0 Å². The molecule has 8 heteroatoms. The number of ketones is 1. The Balaban J connectivity index is 1.32. The fourth-order valence-corrected chi connectivity index (χ4v) is 5.85. The number of aryl methyl sites for hydroxylation is 1. The number of amides is 1. The van der Waals surface area contributed by atoms with Crippen LogP contribution < -0.4 is 0 Å². The summed E-state index contributed by atoms with van der Waals surface area (Å²) >= 11 is 0. The maximum absolute atomic E-state index is 14.6. The second kappa shape index (κ2) is 11.1. The Labute approximate surface area is 251 Å². The Hall–Kier alpha value is -4.72. The zero-order valence-corrected chi connectivity index (χ0v) is 24.2. The average molecular weight is 600 g/mol. The number of halogens is 4. The summed E-state index contributed by atoms with van der Waals surface area (Å²) in [7, 11) is 0. The molecule has 0 radical (unpaired) electrons. The molecule has 4 nitrogen and oxygen atoms in total. The molecular weight excluding hydrogens is 570 g/mol. The lowest BCUT2D eigenvalue weighted by molar-refractivity contribution is -0.153. The van der Waals surface area contributed by atoms with Crippen LogP contribution in [0.5, 0.6) is 0 Å². The fourth-order valence-electron chi connectivity index (χ4n) is 5.85. The standard InChI is InChI=1S/C36H29F4NO3/c1-22-7-10-26-5-3-4-6-31(26)33(22)34(43)41(21-30-13-14-32(44-30)36(38,39)40)20-24-8-11-25(12-9-24)27-17-28(19-29(37)18-27)35(15-16-35)23(2)42/h3-14,17-19H,15-16,20-21H2,1-2H3. The summed E-state index contributed by atoms with van der Waals surface area (Å²) in [6.07, 6.45) is -3.25. The molecule has 6 rings (SSSR count). The third-order valence-electron chi connectivity index (χ3n) is 8.46. The number of alkyl halides is 3. The molecule has 1 amide bonds. The minimum atomic E-state index is -4.64. The molecule has 1 aliphatic carbocycles. The van der Waals surface area contributed by atoms with E-state index in [2.05, 4.69) is 0 Å². The van der Waals surface area contributed by atoms with Gasteiger partial charge in [0, 0.05) is 6.54 Å². The Bertz CT molecular complexity index is 1880. The molecule has 0 atom stereocenters. The maximum Gasteiger partial charge on any atom is 0.449 e. The van der Waals surface area contributed by atoms with Gasteiger partial charge in [-0.1, -0.05) is 60.7 Å². The molecule has 5 aromatic rings. The quantitative estimate of drug-likeness (QED) is 0.167. The highest BCUT2D eigenvalue weighted by Crippen LogP contribution is 2.49. The Morgan fingerprint density at radius 2 is 1.59 bits per heavy atom. The van der Waals surface area contributed by atoms with Crippen molar-refractivity contribution >= 4 is 22.5 Å². The summed E-state index contributed by atoms with van der Waals surface area (Å²) in [6.45, 7) is 3.27. The van der Waals surface area contributed by atoms with Crippen molar-refractivity contribution in [2.75, 3.05) is 0 Å². The molecule has 1 saturated carbocycles. The molecule has 1 fully saturated rings. The first-order valence-corrected chi connectivity index (χ1v) is 14.3. The summed E-state index contributed by atoms with van der Waals surface area (Å²) in [6, 6.07) is 25.2. The number of carbonyl (C=O) groups is 2. The van der Waals surface area contributed by atoms with E-state index >= 15 is 0 Å². The number of rotatable bonds is 8. The topological polar surface area (TPSA) is 50.5 Å². The number of carbonyl (C=O) groups excluding carboxylic acids is 2. The Morgan fingerprint density at radius 3 is 2.25 bits per heavy atom. The monoisotopic (exact) mass is 599 g/mol. The Kier molecular flexibility index (Phi) is 7.40. The average Bonchev–Trinajstić information content (AvgIpc) is 3.67. The van der Waals surface area contributed by atoms with Gasteiger partial charge < -0.3 is 9.32 Å². The van der Waals surface area contributed by atoms with Crippen molar-refractivity contribution < 1.29 is 31.6 Å². The smallest absolute Gasteiger partial charge is 0.449 e. The van der Waals surface area contributed by atoms with Gasteiger partial charge in [-0.05, 0) is 95.6 Å². The predicted molar refractivity (Wildman–Crippen MR) is 159 cm³/mol. The largest absolute Gasteiger partial charge is 0.455 e. The van der Waals surface area contributed by atoms with Crippen LogP contribution in [0.4, 0.5) is 17.6 Å². The molecule has 44 heavy (non-hydrogen) atoms. The molecule has 0 spiro atoms. The molecule has 1 aromatic heterocycles. The zero-order chi connectivity index (χ0) is 31.2. The Morgan fingerprint density at radius 1 is 0.864 bits per heavy atom. The van der Waals surface area contributed by atoms with E-state index in [-0.39, 0.29) is 30.5 Å². The van der Waals surface area contributed by atoms with Gasteiger partial charge in [-0.15, -0.1) is 0 Å². The van der Waals surface area contributed by atoms with E-state index in [0.29, 0.717) is 29.5 Å². The lowest BCUT2D eigenvalue weighted by Gasteiger charge is -2.24. The zero-order valence-electron chi connectivity index (χ0n) is 24.2. The van der Waals surface area contributed by atoms with E-state index in [9.17, 15) is 27.2 Å². The number of Topliss-reactive ketones (excluding diaryl/α,β-unsaturated/α-hetero) is 1. The molecule has 1 aliphatic rings. The van der Waals surface area contributed by atoms with Crippen LogP contribution in [-0.2, 0) is 29.5 Å². The van der Waals surface area contributed by atoms with Gasteiger partial charge in [-0.2, -0.15) is 13.2 Å². The number of benzene rings is 4. The normalized spacial score (nSPS) is 14.0. The van der Waals surface area contributed by atoms with E-state index in [1.807, 2.05) is 61.5 Å². The first kappa shape index (κ1) is 29.4. The SMILES string of the molecule is CC(=O)C1(c2cc(F)cc(-c3ccc(CN(Cc4ccc(C(F)(F)F)o4)C(=O)c4c(C)ccc5ccccc45)cc3)c2)CC1. The number of nitrogens with zero attached hydrogens (tertiary/aromatic N) is 1. The molecule has 1 heterocycles. The van der Waals surface area contributed by atoms with Crippen LogP contribution in [0.2, 0.25) is 0 Å². The third-order valence-corrected chi connectivity index (χ3v) is 8.46. The summed E-state index contributed by atoms with van der Waals surface area (Å²) in [5.74, 6) is -1.87. The minimum absolute atomic E-state index is 0.00644. The second-order valence-corrected chi connectivity index (χ2v) is 11.5. The van der Waals surface area contributed by atoms with Crippen molar-refractivity contribution in [2.45, 2.75) is 51.4 Å². The first-order valence-electron chi connectivity index (χ1n) is 14.3. The molecule has 224 valence electrons. The highest BCUT2D eigenvalue weighted by Gasteiger charge is 2.49. The van der Waals surface area contributed by atoms with Crippen molar-refractivity contribution in [1.82, 2.24) is 4.90 Å². The van der Waals surface area contributed by atoms with Gasteiger partial charge in [0.2, 0.25) is 5.76 Å². The van der Waals surface area contributed by atoms with Crippen molar-refractivity contribution in [2.24, 2.45) is 0 Å². The first-order chi connectivity index (χ1) is 20.9. The van der Waals surface area contributed by atoms with Gasteiger partial charge >= 0.3 is 6.18 Å². The van der Waals surface area contributed by atoms with Crippen molar-refractivity contribution in [3.8, 4) is 11.1 Å². The number of furan rings is 1. The van der Waals surface area contributed by atoms with Gasteiger partial charge in [-0.3, -0.25) is 9.59 Å². The summed E-state index contributed by atoms with van der Waals surface area (Å²) in [5.41, 5.74) is 3.35. The molecule has 0 aliphatic heterocycles. The van der Waals surface area contributed by atoms with Crippen molar-refractivity contribution in [1.29, 1.82) is 0 Å². The summed E-state index contributed by atoms with van der Waals surface area (Å²) in [4.78, 5) is 27.8. The number of fused-ring (bicyclic) bond motifs is 1. The fraction of sp³-hybridized carbons (Fsp3) is 0.222. The molecule has 0 bridgehead atoms. The summed E-state index contributed by atoms with van der Waals surface area (Å²) < 4.78 is 59.5. The third kappa shape index (κ3) is 5.64. The number of hydrogen-bond donors (Lipinski definition) is 0. The minimum Gasteiger partial charge on any atom is -0.455 e. The van der Waals surface area contributed by atoms with E-state index in [1.165, 1.54) is 30.0 Å². The molecular formula is C36H29F4NO3. The van der Waals surface area contributed by atoms with Crippen LogP contribution in [0.3, 0.4) is 0 Å². The highest BCUT2D eigenvalue weighted by molar-refractivity contribution is 6.08. The van der Waals surface area contributed by atoms with Crippen LogP contribution in [-0.4, -0.2) is 16.6 Å². The van der Waals surface area contributed by atoms with Crippen LogP contribution in [0.1, 0.15) is 58.3 Å². The van der Waals surface area contributed by atoms with Crippen molar-refractivity contribution in [3.05, 3.63) is 131 Å². The maximum atomic E-state index is 14.6. The second-order valence-electron chi connectivity index (χ2n) is 11.5. The lowest BCUT2D eigenvalue weighted by Crippen LogP contribution is -2.30. The van der Waals surface area contributed by atoms with E-state index in [1.54, 1.807) is 12.1 Å². The van der Waals surface area contributed by atoms with E-state index in [4.69, 9.17) is 4.42 Å². The van der Waals surface area contributed by atoms with Crippen LogP contribution in [0.15, 0.2) is 95.4 Å². The van der Waals surface area contributed by atoms with Gasteiger partial charge in [-0.25, -0.2) is 4.39 Å². The molecule has 0 unspecified atom stereocenters. The summed E-state index contributed by atoms with van der Waals surface area (Å²) in [5, 5.41) is 1.62. The molecule has 4 aromatic carbocycles. The van der Waals surface area contributed by atoms with Crippen LogP contribution >= 0.6 is 0 Å². The van der Waals surface area contributed by atoms with Crippen LogP contribution in [0, 0.1) is 12.7 Å². The predicted octanol–water partition coefficient (Wildman–Crippen LogP) is 9.03. The van der Waals surface area contributed by atoms with Crippen molar-refractivity contribution in [3.63, 3.8) is 0 Å². The van der Waals surface area contributed by atoms with E-state index < -0.39 is 23.2 Å². The molecule has 0 N–H and O–H groups in total. The van der Waals surface area contributed by atoms with Crippen LogP contribution in [0.25, 0.3) is 21.9 Å². The number of hydrogen-bond acceptors (Lipinski definition) is 3.